The summed E-state index contributed by atoms with van der Waals surface area (Å²) in [5, 5.41) is 3.73. The van der Waals surface area contributed by atoms with Crippen molar-refractivity contribution in [2.24, 2.45) is 5.92 Å². The molecule has 0 saturated heterocycles. The number of carbonyl (C=O) groups excluding carboxylic acids is 2. The Morgan fingerprint density at radius 2 is 1.97 bits per heavy atom. The summed E-state index contributed by atoms with van der Waals surface area (Å²) < 4.78 is 21.0. The zero-order valence-corrected chi connectivity index (χ0v) is 23.7. The molecule has 2 atom stereocenters. The molecule has 1 saturated carbocycles. The second-order valence-corrected chi connectivity index (χ2v) is 11.9. The standard InChI is InChI=1S/C31H36FN3O3S/c1-4-25(36)13-29-33-20(3)30(39-29)31(37)34-19(2)23-9-7-21(8-10-23)15-35-16-24-11-12-26(38-18-22-5-6-22)14-27(24)28(32)17-35/h7-12,14,19,22,28H,4-6,13,15-18H2,1-3H3,(H,34,37)/t19-,28?/m0/s1. The molecule has 0 bridgehead atoms. The fourth-order valence-electron chi connectivity index (χ4n) is 4.90. The maximum Gasteiger partial charge on any atom is 0.263 e. The van der Waals surface area contributed by atoms with Gasteiger partial charge in [0.05, 0.1) is 24.8 Å². The predicted molar refractivity (Wildman–Crippen MR) is 151 cm³/mol. The molecule has 3 aromatic rings. The maximum atomic E-state index is 15.1. The van der Waals surface area contributed by atoms with Crippen LogP contribution in [0.2, 0.25) is 0 Å². The smallest absolute Gasteiger partial charge is 0.263 e. The Balaban J connectivity index is 1.16. The van der Waals surface area contributed by atoms with Gasteiger partial charge in [-0.3, -0.25) is 14.5 Å². The van der Waals surface area contributed by atoms with Crippen LogP contribution in [0.1, 0.15) is 88.0 Å². The molecule has 5 rings (SSSR count). The minimum absolute atomic E-state index is 0.114. The number of hydrogen-bond acceptors (Lipinski definition) is 6. The average molecular weight is 550 g/mol. The van der Waals surface area contributed by atoms with Gasteiger partial charge >= 0.3 is 0 Å². The molecule has 2 heterocycles. The number of amides is 1. The van der Waals surface area contributed by atoms with Crippen molar-refractivity contribution in [2.45, 2.75) is 71.8 Å². The maximum absolute atomic E-state index is 15.1. The van der Waals surface area contributed by atoms with E-state index in [1.807, 2.05) is 56.3 Å². The van der Waals surface area contributed by atoms with E-state index in [9.17, 15) is 9.59 Å². The summed E-state index contributed by atoms with van der Waals surface area (Å²) in [6.45, 7) is 8.01. The summed E-state index contributed by atoms with van der Waals surface area (Å²) in [4.78, 5) is 31.7. The fraction of sp³-hybridized carbons (Fsp3) is 0.452. The lowest BCUT2D eigenvalue weighted by atomic mass is 9.97. The van der Waals surface area contributed by atoms with Crippen molar-refractivity contribution >= 4 is 23.0 Å². The second-order valence-electron chi connectivity index (χ2n) is 10.8. The Bertz CT molecular complexity index is 1340. The number of carbonyl (C=O) groups is 2. The third kappa shape index (κ3) is 6.92. The summed E-state index contributed by atoms with van der Waals surface area (Å²) in [7, 11) is 0. The van der Waals surface area contributed by atoms with Crippen LogP contribution in [0, 0.1) is 12.8 Å². The minimum atomic E-state index is -1.04. The molecule has 0 radical (unpaired) electrons. The number of hydrogen-bond donors (Lipinski definition) is 1. The number of benzene rings is 2. The van der Waals surface area contributed by atoms with Gasteiger partial charge in [0.15, 0.2) is 0 Å². The van der Waals surface area contributed by atoms with Crippen LogP contribution in [-0.2, 0) is 24.3 Å². The van der Waals surface area contributed by atoms with Crippen molar-refractivity contribution in [3.05, 3.63) is 80.3 Å². The fourth-order valence-corrected chi connectivity index (χ4v) is 5.89. The lowest BCUT2D eigenvalue weighted by Crippen LogP contribution is -2.31. The van der Waals surface area contributed by atoms with Crippen molar-refractivity contribution in [2.75, 3.05) is 13.2 Å². The first-order valence-electron chi connectivity index (χ1n) is 13.8. The SMILES string of the molecule is CCC(=O)Cc1nc(C)c(C(=O)N[C@@H](C)c2ccc(CN3Cc4ccc(OCC5CC5)cc4C(F)C3)cc2)s1. The Kier molecular flexibility index (Phi) is 8.43. The lowest BCUT2D eigenvalue weighted by molar-refractivity contribution is -0.118. The van der Waals surface area contributed by atoms with Gasteiger partial charge in [-0.05, 0) is 67.0 Å². The van der Waals surface area contributed by atoms with Crippen LogP contribution >= 0.6 is 11.3 Å². The molecule has 1 aliphatic carbocycles. The van der Waals surface area contributed by atoms with Crippen LogP contribution in [0.15, 0.2) is 42.5 Å². The van der Waals surface area contributed by atoms with E-state index in [4.69, 9.17) is 4.74 Å². The number of nitrogens with zero attached hydrogens (tertiary/aromatic N) is 2. The monoisotopic (exact) mass is 549 g/mol. The first-order chi connectivity index (χ1) is 18.8. The summed E-state index contributed by atoms with van der Waals surface area (Å²) >= 11 is 1.29. The normalized spacial score (nSPS) is 17.9. The van der Waals surface area contributed by atoms with E-state index in [1.165, 1.54) is 24.2 Å². The van der Waals surface area contributed by atoms with Crippen LogP contribution in [0.4, 0.5) is 4.39 Å². The highest BCUT2D eigenvalue weighted by Crippen LogP contribution is 2.34. The molecule has 1 fully saturated rings. The highest BCUT2D eigenvalue weighted by molar-refractivity contribution is 7.13. The van der Waals surface area contributed by atoms with Gasteiger partial charge < -0.3 is 10.1 Å². The van der Waals surface area contributed by atoms with Gasteiger partial charge in [0.25, 0.3) is 5.91 Å². The van der Waals surface area contributed by atoms with Crippen molar-refractivity contribution in [1.82, 2.24) is 15.2 Å². The number of aromatic nitrogens is 1. The molecule has 1 N–H and O–H groups in total. The van der Waals surface area contributed by atoms with Gasteiger partial charge in [-0.25, -0.2) is 9.37 Å². The lowest BCUT2D eigenvalue weighted by Gasteiger charge is -2.31. The molecule has 39 heavy (non-hydrogen) atoms. The van der Waals surface area contributed by atoms with E-state index in [0.29, 0.717) is 47.6 Å². The number of halogens is 1. The first kappa shape index (κ1) is 27.5. The molecule has 2 aromatic carbocycles. The van der Waals surface area contributed by atoms with Crippen LogP contribution in [-0.4, -0.2) is 34.7 Å². The minimum Gasteiger partial charge on any atom is -0.493 e. The van der Waals surface area contributed by atoms with Crippen LogP contribution in [0.3, 0.4) is 0 Å². The van der Waals surface area contributed by atoms with Crippen LogP contribution in [0.5, 0.6) is 5.75 Å². The molecule has 1 aliphatic heterocycles. The molecule has 1 aromatic heterocycles. The highest BCUT2D eigenvalue weighted by Gasteiger charge is 2.27. The van der Waals surface area contributed by atoms with Crippen molar-refractivity contribution in [1.29, 1.82) is 0 Å². The molecule has 206 valence electrons. The Labute approximate surface area is 233 Å². The number of aryl methyl sites for hydroxylation is 1. The Hall–Kier alpha value is -3.10. The molecule has 1 unspecified atom stereocenters. The number of ketones is 1. The number of nitrogens with one attached hydrogen (secondary N) is 1. The van der Waals surface area contributed by atoms with Crippen LogP contribution < -0.4 is 10.1 Å². The van der Waals surface area contributed by atoms with E-state index in [0.717, 1.165) is 34.6 Å². The summed E-state index contributed by atoms with van der Waals surface area (Å²) in [6.07, 6.45) is 2.16. The quantitative estimate of drug-likeness (QED) is 0.305. The highest BCUT2D eigenvalue weighted by atomic mass is 32.1. The van der Waals surface area contributed by atoms with Crippen LogP contribution in [0.25, 0.3) is 0 Å². The number of rotatable bonds is 11. The molecule has 1 amide bonds. The van der Waals surface area contributed by atoms with Crippen molar-refractivity contribution in [3.63, 3.8) is 0 Å². The van der Waals surface area contributed by atoms with E-state index >= 15 is 4.39 Å². The summed E-state index contributed by atoms with van der Waals surface area (Å²) in [5.74, 6) is 1.37. The van der Waals surface area contributed by atoms with Crippen molar-refractivity contribution in [3.8, 4) is 5.75 Å². The molecule has 0 spiro atoms. The largest absolute Gasteiger partial charge is 0.493 e. The number of alkyl halides is 1. The van der Waals surface area contributed by atoms with E-state index in [2.05, 4.69) is 15.2 Å². The molecular weight excluding hydrogens is 513 g/mol. The van der Waals surface area contributed by atoms with E-state index in [1.54, 1.807) is 6.92 Å². The van der Waals surface area contributed by atoms with E-state index in [-0.39, 0.29) is 24.2 Å². The number of Topliss-reactive ketones (excluding diaryl/α,β-unsaturated/α-hetero) is 1. The topological polar surface area (TPSA) is 71.5 Å². The summed E-state index contributed by atoms with van der Waals surface area (Å²) in [6, 6.07) is 13.8. The van der Waals surface area contributed by atoms with Gasteiger partial charge in [-0.1, -0.05) is 37.3 Å². The molecular formula is C31H36FN3O3S. The second kappa shape index (κ2) is 12.0. The molecule has 6 nitrogen and oxygen atoms in total. The van der Waals surface area contributed by atoms with Gasteiger partial charge in [-0.2, -0.15) is 0 Å². The number of ether oxygens (including phenoxy) is 1. The first-order valence-corrected chi connectivity index (χ1v) is 14.6. The number of fused-ring (bicyclic) bond motifs is 1. The molecule has 2 aliphatic rings. The average Bonchev–Trinajstić information content (AvgIpc) is 3.68. The van der Waals surface area contributed by atoms with Gasteiger partial charge in [0.1, 0.15) is 27.6 Å². The number of thiazole rings is 1. The Morgan fingerprint density at radius 1 is 1.21 bits per heavy atom. The predicted octanol–water partition coefficient (Wildman–Crippen LogP) is 6.28. The van der Waals surface area contributed by atoms with Crippen molar-refractivity contribution < 1.29 is 18.7 Å². The zero-order chi connectivity index (χ0) is 27.5. The van der Waals surface area contributed by atoms with Gasteiger partial charge in [0.2, 0.25) is 0 Å². The Morgan fingerprint density at radius 3 is 2.69 bits per heavy atom. The van der Waals surface area contributed by atoms with Gasteiger partial charge in [-0.15, -0.1) is 11.3 Å². The van der Waals surface area contributed by atoms with E-state index < -0.39 is 6.17 Å². The van der Waals surface area contributed by atoms with Gasteiger partial charge in [0, 0.05) is 26.1 Å². The third-order valence-corrected chi connectivity index (χ3v) is 8.63. The third-order valence-electron chi connectivity index (χ3n) is 7.47. The zero-order valence-electron chi connectivity index (χ0n) is 22.8. The summed E-state index contributed by atoms with van der Waals surface area (Å²) in [5.41, 5.74) is 4.50. The molecule has 8 heteroatoms.